The van der Waals surface area contributed by atoms with E-state index in [-0.39, 0.29) is 10.9 Å². The van der Waals surface area contributed by atoms with Gasteiger partial charge >= 0.3 is 0 Å². The van der Waals surface area contributed by atoms with Gasteiger partial charge in [0.1, 0.15) is 5.82 Å². The molecule has 1 aromatic heterocycles. The number of pyridine rings is 1. The van der Waals surface area contributed by atoms with E-state index in [0.29, 0.717) is 16.3 Å². The molecule has 0 radical (unpaired) electrons. The predicted molar refractivity (Wildman–Crippen MR) is 62.0 cm³/mol. The Morgan fingerprint density at radius 1 is 0.938 bits per heavy atom. The van der Waals surface area contributed by atoms with Gasteiger partial charge in [-0.1, -0.05) is 18.2 Å². The van der Waals surface area contributed by atoms with Crippen LogP contribution in [0.15, 0.2) is 47.3 Å². The molecule has 3 heteroatoms. The molecule has 0 bridgehead atoms. The predicted octanol–water partition coefficient (Wildman–Crippen LogP) is 2.82. The number of fused-ring (bicyclic) bond motifs is 2. The van der Waals surface area contributed by atoms with Gasteiger partial charge in [-0.2, -0.15) is 0 Å². The van der Waals surface area contributed by atoms with Crippen molar-refractivity contribution >= 4 is 21.8 Å². The minimum atomic E-state index is -0.402. The first kappa shape index (κ1) is 9.09. The molecule has 0 aliphatic heterocycles. The van der Waals surface area contributed by atoms with Gasteiger partial charge in [0.05, 0.1) is 5.52 Å². The Labute approximate surface area is 90.3 Å². The smallest absolute Gasteiger partial charge is 0.197 e. The molecule has 3 rings (SSSR count). The number of H-pyrrole nitrogens is 1. The standard InChI is InChI=1S/C13H8FNO/c14-10-6-3-5-9-12(10)15-11-7-2-1-4-8(11)13(9)16/h1-7H,(H,15,16). The molecule has 0 amide bonds. The molecule has 1 N–H and O–H groups in total. The summed E-state index contributed by atoms with van der Waals surface area (Å²) in [5, 5.41) is 0.972. The van der Waals surface area contributed by atoms with Gasteiger partial charge in [-0.3, -0.25) is 4.79 Å². The second-order valence-electron chi connectivity index (χ2n) is 3.66. The third-order valence-corrected chi connectivity index (χ3v) is 2.69. The van der Waals surface area contributed by atoms with E-state index in [1.165, 1.54) is 6.07 Å². The van der Waals surface area contributed by atoms with E-state index in [0.717, 1.165) is 0 Å². The van der Waals surface area contributed by atoms with Gasteiger partial charge in [0.15, 0.2) is 5.43 Å². The van der Waals surface area contributed by atoms with E-state index in [4.69, 9.17) is 0 Å². The Bertz CT molecular complexity index is 746. The highest BCUT2D eigenvalue weighted by atomic mass is 19.1. The summed E-state index contributed by atoms with van der Waals surface area (Å²) < 4.78 is 13.5. The van der Waals surface area contributed by atoms with Crippen LogP contribution in [0.2, 0.25) is 0 Å². The molecule has 0 spiro atoms. The number of benzene rings is 2. The van der Waals surface area contributed by atoms with Gasteiger partial charge in [0.25, 0.3) is 0 Å². The number of para-hydroxylation sites is 2. The van der Waals surface area contributed by atoms with Gasteiger partial charge in [-0.25, -0.2) is 4.39 Å². The van der Waals surface area contributed by atoms with Crippen LogP contribution in [0.3, 0.4) is 0 Å². The van der Waals surface area contributed by atoms with Gasteiger partial charge in [0.2, 0.25) is 0 Å². The molecule has 0 saturated carbocycles. The van der Waals surface area contributed by atoms with Crippen molar-refractivity contribution in [3.05, 3.63) is 58.5 Å². The second kappa shape index (κ2) is 3.17. The molecule has 0 aliphatic carbocycles. The molecule has 0 saturated heterocycles. The van der Waals surface area contributed by atoms with Crippen LogP contribution in [0.1, 0.15) is 0 Å². The molecule has 0 fully saturated rings. The van der Waals surface area contributed by atoms with Gasteiger partial charge in [0, 0.05) is 16.3 Å². The largest absolute Gasteiger partial charge is 0.352 e. The number of aromatic nitrogens is 1. The van der Waals surface area contributed by atoms with Crippen molar-refractivity contribution in [1.29, 1.82) is 0 Å². The maximum absolute atomic E-state index is 13.5. The van der Waals surface area contributed by atoms with Crippen molar-refractivity contribution in [3.63, 3.8) is 0 Å². The SMILES string of the molecule is O=c1c2ccccc2[nH]c2c(F)cccc12. The summed E-state index contributed by atoms with van der Waals surface area (Å²) in [6, 6.07) is 11.6. The Hall–Kier alpha value is -2.16. The first-order chi connectivity index (χ1) is 7.77. The van der Waals surface area contributed by atoms with Crippen LogP contribution in [0.4, 0.5) is 4.39 Å². The number of rotatable bonds is 0. The normalized spacial score (nSPS) is 11.1. The van der Waals surface area contributed by atoms with Crippen LogP contribution in [0.5, 0.6) is 0 Å². The van der Waals surface area contributed by atoms with E-state index < -0.39 is 5.82 Å². The minimum Gasteiger partial charge on any atom is -0.352 e. The Morgan fingerprint density at radius 2 is 1.69 bits per heavy atom. The van der Waals surface area contributed by atoms with Crippen molar-refractivity contribution in [1.82, 2.24) is 4.98 Å². The maximum Gasteiger partial charge on any atom is 0.197 e. The van der Waals surface area contributed by atoms with Crippen LogP contribution in [-0.4, -0.2) is 4.98 Å². The third-order valence-electron chi connectivity index (χ3n) is 2.69. The number of aromatic amines is 1. The van der Waals surface area contributed by atoms with E-state index in [1.807, 2.05) is 6.07 Å². The summed E-state index contributed by atoms with van der Waals surface area (Å²) >= 11 is 0. The molecule has 16 heavy (non-hydrogen) atoms. The Balaban J connectivity index is 2.67. The van der Waals surface area contributed by atoms with Gasteiger partial charge in [-0.15, -0.1) is 0 Å². The fraction of sp³-hybridized carbons (Fsp3) is 0. The first-order valence-electron chi connectivity index (χ1n) is 4.96. The summed E-state index contributed by atoms with van der Waals surface area (Å²) in [4.78, 5) is 15.0. The molecule has 78 valence electrons. The summed E-state index contributed by atoms with van der Waals surface area (Å²) in [6.45, 7) is 0. The molecule has 2 nitrogen and oxygen atoms in total. The lowest BCUT2D eigenvalue weighted by Gasteiger charge is -2.02. The highest BCUT2D eigenvalue weighted by Crippen LogP contribution is 2.16. The maximum atomic E-state index is 13.5. The van der Waals surface area contributed by atoms with Crippen LogP contribution in [0.25, 0.3) is 21.8 Å². The van der Waals surface area contributed by atoms with Gasteiger partial charge < -0.3 is 4.98 Å². The molecule has 1 heterocycles. The highest BCUT2D eigenvalue weighted by Gasteiger charge is 2.07. The Kier molecular flexibility index (Phi) is 1.80. The average molecular weight is 213 g/mol. The van der Waals surface area contributed by atoms with Crippen LogP contribution in [-0.2, 0) is 0 Å². The average Bonchev–Trinajstić information content (AvgIpc) is 2.31. The van der Waals surface area contributed by atoms with E-state index >= 15 is 0 Å². The fourth-order valence-corrected chi connectivity index (χ4v) is 1.91. The monoisotopic (exact) mass is 213 g/mol. The van der Waals surface area contributed by atoms with Gasteiger partial charge in [-0.05, 0) is 24.3 Å². The number of halogens is 1. The lowest BCUT2D eigenvalue weighted by Crippen LogP contribution is -2.04. The number of hydrogen-bond acceptors (Lipinski definition) is 1. The van der Waals surface area contributed by atoms with E-state index in [9.17, 15) is 9.18 Å². The highest BCUT2D eigenvalue weighted by molar-refractivity contribution is 5.92. The van der Waals surface area contributed by atoms with Crippen LogP contribution >= 0.6 is 0 Å². The summed E-state index contributed by atoms with van der Waals surface area (Å²) in [6.07, 6.45) is 0. The lowest BCUT2D eigenvalue weighted by molar-refractivity contribution is 0.637. The van der Waals surface area contributed by atoms with Crippen molar-refractivity contribution in [3.8, 4) is 0 Å². The molecule has 0 unspecified atom stereocenters. The molecule has 2 aromatic carbocycles. The molecule has 3 aromatic rings. The summed E-state index contributed by atoms with van der Waals surface area (Å²) in [5.41, 5.74) is 0.792. The summed E-state index contributed by atoms with van der Waals surface area (Å²) in [7, 11) is 0. The summed E-state index contributed by atoms with van der Waals surface area (Å²) in [5.74, 6) is -0.402. The topological polar surface area (TPSA) is 32.9 Å². The fourth-order valence-electron chi connectivity index (χ4n) is 1.91. The van der Waals surface area contributed by atoms with Crippen molar-refractivity contribution in [2.24, 2.45) is 0 Å². The van der Waals surface area contributed by atoms with Crippen molar-refractivity contribution in [2.75, 3.05) is 0 Å². The molecular weight excluding hydrogens is 205 g/mol. The lowest BCUT2D eigenvalue weighted by atomic mass is 10.1. The van der Waals surface area contributed by atoms with Crippen LogP contribution < -0.4 is 5.43 Å². The zero-order valence-corrected chi connectivity index (χ0v) is 8.33. The van der Waals surface area contributed by atoms with Crippen molar-refractivity contribution in [2.45, 2.75) is 0 Å². The zero-order valence-electron chi connectivity index (χ0n) is 8.33. The molecule has 0 atom stereocenters. The van der Waals surface area contributed by atoms with E-state index in [2.05, 4.69) is 4.98 Å². The number of hydrogen-bond donors (Lipinski definition) is 1. The zero-order chi connectivity index (χ0) is 11.1. The van der Waals surface area contributed by atoms with Crippen molar-refractivity contribution < 1.29 is 4.39 Å². The minimum absolute atomic E-state index is 0.135. The number of nitrogens with one attached hydrogen (secondary N) is 1. The Morgan fingerprint density at radius 3 is 2.56 bits per heavy atom. The third kappa shape index (κ3) is 1.15. The first-order valence-corrected chi connectivity index (χ1v) is 4.96. The molecule has 0 aliphatic rings. The molecular formula is C13H8FNO. The quantitative estimate of drug-likeness (QED) is 0.572. The second-order valence-corrected chi connectivity index (χ2v) is 3.66. The van der Waals surface area contributed by atoms with E-state index in [1.54, 1.807) is 30.3 Å². The van der Waals surface area contributed by atoms with Crippen LogP contribution in [0, 0.1) is 5.82 Å².